The summed E-state index contributed by atoms with van der Waals surface area (Å²) in [5, 5.41) is 0.622. The van der Waals surface area contributed by atoms with E-state index in [4.69, 9.17) is 21.1 Å². The molecule has 0 saturated carbocycles. The fraction of sp³-hybridized carbons (Fsp3) is 0.300. The molecule has 29 heavy (non-hydrogen) atoms. The molecule has 1 aliphatic rings. The van der Waals surface area contributed by atoms with Gasteiger partial charge in [-0.25, -0.2) is 9.97 Å². The Morgan fingerprint density at radius 3 is 2.45 bits per heavy atom. The number of ether oxygens (including phenoxy) is 2. The van der Waals surface area contributed by atoms with Crippen molar-refractivity contribution in [3.05, 3.63) is 46.9 Å². The van der Waals surface area contributed by atoms with Gasteiger partial charge < -0.3 is 18.9 Å². The number of imidazole rings is 1. The number of aromatic nitrogens is 4. The average Bonchev–Trinajstić information content (AvgIpc) is 3.25. The monoisotopic (exact) mass is 413 g/mol. The van der Waals surface area contributed by atoms with Gasteiger partial charge in [0, 0.05) is 22.9 Å². The second kappa shape index (κ2) is 7.36. The smallest absolute Gasteiger partial charge is 0.319 e. The van der Waals surface area contributed by atoms with E-state index >= 15 is 0 Å². The number of hydrogen-bond acceptors (Lipinski definition) is 6. The van der Waals surface area contributed by atoms with Crippen molar-refractivity contribution in [2.24, 2.45) is 0 Å². The molecule has 0 aliphatic carbocycles. The summed E-state index contributed by atoms with van der Waals surface area (Å²) in [6, 6.07) is 7.45. The Morgan fingerprint density at radius 1 is 1.10 bits per heavy atom. The Kier molecular flexibility index (Phi) is 4.87. The van der Waals surface area contributed by atoms with Gasteiger partial charge in [-0.05, 0) is 38.1 Å². The molecule has 0 unspecified atom stereocenters. The van der Waals surface area contributed by atoms with Gasteiger partial charge in [0.2, 0.25) is 5.88 Å². The number of carbonyl (C=O) groups is 1. The SMILES string of the molecule is COc1ncc(-c2nc3c(n2C(C)C)CN(c2ccc(Cl)cc2)C3=O)c(OC)n1. The fourth-order valence-corrected chi connectivity index (χ4v) is 3.60. The van der Waals surface area contributed by atoms with E-state index in [9.17, 15) is 4.79 Å². The summed E-state index contributed by atoms with van der Waals surface area (Å²) in [5.41, 5.74) is 2.64. The number of amides is 1. The molecule has 9 heteroatoms. The lowest BCUT2D eigenvalue weighted by Crippen LogP contribution is -2.24. The number of halogens is 1. The molecule has 0 spiro atoms. The highest BCUT2D eigenvalue weighted by molar-refractivity contribution is 6.30. The van der Waals surface area contributed by atoms with Gasteiger partial charge in [-0.1, -0.05) is 11.6 Å². The zero-order valence-corrected chi connectivity index (χ0v) is 17.3. The summed E-state index contributed by atoms with van der Waals surface area (Å²) in [7, 11) is 3.01. The molecule has 1 aliphatic heterocycles. The number of fused-ring (bicyclic) bond motifs is 1. The van der Waals surface area contributed by atoms with E-state index in [-0.39, 0.29) is 18.0 Å². The van der Waals surface area contributed by atoms with Crippen LogP contribution in [-0.4, -0.2) is 39.6 Å². The van der Waals surface area contributed by atoms with Crippen LogP contribution in [0.3, 0.4) is 0 Å². The number of carbonyl (C=O) groups excluding carboxylic acids is 1. The van der Waals surface area contributed by atoms with E-state index < -0.39 is 0 Å². The van der Waals surface area contributed by atoms with Crippen LogP contribution in [-0.2, 0) is 6.54 Å². The molecule has 8 nitrogen and oxygen atoms in total. The summed E-state index contributed by atoms with van der Waals surface area (Å²) in [5.74, 6) is 0.773. The lowest BCUT2D eigenvalue weighted by Gasteiger charge is -2.20. The van der Waals surface area contributed by atoms with Gasteiger partial charge in [0.05, 0.1) is 32.0 Å². The van der Waals surface area contributed by atoms with Gasteiger partial charge in [0.25, 0.3) is 5.91 Å². The topological polar surface area (TPSA) is 82.4 Å². The van der Waals surface area contributed by atoms with Crippen LogP contribution in [0.2, 0.25) is 5.02 Å². The Hall–Kier alpha value is -3.13. The minimum absolute atomic E-state index is 0.0611. The van der Waals surface area contributed by atoms with Crippen molar-refractivity contribution in [3.63, 3.8) is 0 Å². The van der Waals surface area contributed by atoms with E-state index in [1.54, 1.807) is 23.2 Å². The molecule has 0 atom stereocenters. The van der Waals surface area contributed by atoms with Crippen LogP contribution in [0.4, 0.5) is 5.69 Å². The summed E-state index contributed by atoms with van der Waals surface area (Å²) < 4.78 is 12.5. The van der Waals surface area contributed by atoms with E-state index in [0.717, 1.165) is 11.4 Å². The van der Waals surface area contributed by atoms with Crippen molar-refractivity contribution >= 4 is 23.2 Å². The van der Waals surface area contributed by atoms with E-state index in [1.807, 2.05) is 30.5 Å². The summed E-state index contributed by atoms with van der Waals surface area (Å²) in [6.07, 6.45) is 1.60. The average molecular weight is 414 g/mol. The van der Waals surface area contributed by atoms with Crippen LogP contribution in [0.5, 0.6) is 11.9 Å². The van der Waals surface area contributed by atoms with Crippen LogP contribution in [0.25, 0.3) is 11.4 Å². The van der Waals surface area contributed by atoms with Crippen molar-refractivity contribution in [2.75, 3.05) is 19.1 Å². The second-order valence-electron chi connectivity index (χ2n) is 6.84. The molecule has 1 aromatic carbocycles. The Balaban J connectivity index is 1.80. The van der Waals surface area contributed by atoms with Crippen molar-refractivity contribution in [1.82, 2.24) is 19.5 Å². The third-order valence-electron chi connectivity index (χ3n) is 4.77. The van der Waals surface area contributed by atoms with Crippen molar-refractivity contribution < 1.29 is 14.3 Å². The summed E-state index contributed by atoms with van der Waals surface area (Å²) in [6.45, 7) is 4.50. The maximum Gasteiger partial charge on any atom is 0.319 e. The Morgan fingerprint density at radius 2 is 1.83 bits per heavy atom. The predicted molar refractivity (Wildman–Crippen MR) is 109 cm³/mol. The van der Waals surface area contributed by atoms with E-state index in [1.165, 1.54) is 14.2 Å². The first-order chi connectivity index (χ1) is 13.9. The highest BCUT2D eigenvalue weighted by Crippen LogP contribution is 2.37. The van der Waals surface area contributed by atoms with E-state index in [0.29, 0.717) is 34.5 Å². The highest BCUT2D eigenvalue weighted by Gasteiger charge is 2.36. The fourth-order valence-electron chi connectivity index (χ4n) is 3.47. The number of rotatable bonds is 5. The molecule has 0 fully saturated rings. The molecule has 2 aromatic heterocycles. The summed E-state index contributed by atoms with van der Waals surface area (Å²) >= 11 is 5.98. The molecule has 3 aromatic rings. The minimum atomic E-state index is -0.156. The first-order valence-electron chi connectivity index (χ1n) is 9.08. The van der Waals surface area contributed by atoms with Crippen LogP contribution in [0.1, 0.15) is 36.1 Å². The predicted octanol–water partition coefficient (Wildman–Crippen LogP) is 3.75. The largest absolute Gasteiger partial charge is 0.480 e. The normalized spacial score (nSPS) is 13.2. The standard InChI is InChI=1S/C20H20ClN5O3/c1-11(2)26-15-10-25(13-7-5-12(21)6-8-13)19(27)16(15)23-17(26)14-9-22-20(29-4)24-18(14)28-3/h5-9,11H,10H2,1-4H3. The quantitative estimate of drug-likeness (QED) is 0.633. The molecule has 150 valence electrons. The molecule has 0 bridgehead atoms. The zero-order valence-electron chi connectivity index (χ0n) is 16.5. The van der Waals surface area contributed by atoms with Gasteiger partial charge in [-0.15, -0.1) is 0 Å². The zero-order chi connectivity index (χ0) is 20.7. The lowest BCUT2D eigenvalue weighted by molar-refractivity contribution is 0.0992. The Labute approximate surface area is 173 Å². The Bertz CT molecular complexity index is 1080. The number of nitrogens with zero attached hydrogens (tertiary/aromatic N) is 5. The second-order valence-corrected chi connectivity index (χ2v) is 7.28. The van der Waals surface area contributed by atoms with Crippen molar-refractivity contribution in [1.29, 1.82) is 0 Å². The summed E-state index contributed by atoms with van der Waals surface area (Å²) in [4.78, 5) is 27.9. The van der Waals surface area contributed by atoms with Crippen LogP contribution >= 0.6 is 11.6 Å². The minimum Gasteiger partial charge on any atom is -0.480 e. The lowest BCUT2D eigenvalue weighted by atomic mass is 10.2. The number of methoxy groups -OCH3 is 2. The molecule has 1 amide bonds. The van der Waals surface area contributed by atoms with Gasteiger partial charge in [0.15, 0.2) is 5.69 Å². The third kappa shape index (κ3) is 3.19. The molecular formula is C20H20ClN5O3. The first-order valence-corrected chi connectivity index (χ1v) is 9.46. The first kappa shape index (κ1) is 19.2. The molecular weight excluding hydrogens is 394 g/mol. The number of benzene rings is 1. The molecule has 3 heterocycles. The van der Waals surface area contributed by atoms with Gasteiger partial charge in [-0.2, -0.15) is 4.98 Å². The molecule has 0 saturated heterocycles. The van der Waals surface area contributed by atoms with Crippen molar-refractivity contribution in [3.8, 4) is 23.3 Å². The van der Waals surface area contributed by atoms with Crippen LogP contribution in [0, 0.1) is 0 Å². The van der Waals surface area contributed by atoms with Crippen LogP contribution in [0.15, 0.2) is 30.5 Å². The molecule has 0 radical (unpaired) electrons. The van der Waals surface area contributed by atoms with Gasteiger partial charge in [0.1, 0.15) is 5.82 Å². The van der Waals surface area contributed by atoms with Crippen LogP contribution < -0.4 is 14.4 Å². The van der Waals surface area contributed by atoms with Gasteiger partial charge in [-0.3, -0.25) is 4.79 Å². The highest BCUT2D eigenvalue weighted by atomic mass is 35.5. The van der Waals surface area contributed by atoms with Crippen molar-refractivity contribution in [2.45, 2.75) is 26.4 Å². The van der Waals surface area contributed by atoms with Gasteiger partial charge >= 0.3 is 6.01 Å². The van der Waals surface area contributed by atoms with E-state index in [2.05, 4.69) is 15.0 Å². The number of hydrogen-bond donors (Lipinski definition) is 0. The maximum atomic E-state index is 13.1. The third-order valence-corrected chi connectivity index (χ3v) is 5.02. The number of anilines is 1. The molecule has 0 N–H and O–H groups in total. The molecule has 4 rings (SSSR count). The maximum absolute atomic E-state index is 13.1.